The molecule has 1 aromatic carbocycles. The fraction of sp³-hybridized carbons (Fsp3) is 0.385. The second kappa shape index (κ2) is 4.57. The first kappa shape index (κ1) is 11.6. The van der Waals surface area contributed by atoms with Crippen LogP contribution in [0.4, 0.5) is 0 Å². The van der Waals surface area contributed by atoms with Crippen LogP contribution < -0.4 is 0 Å². The first-order chi connectivity index (χ1) is 8.09. The lowest BCUT2D eigenvalue weighted by atomic mass is 10.1. The highest BCUT2D eigenvalue weighted by Gasteiger charge is 2.12. The predicted octanol–water partition coefficient (Wildman–Crippen LogP) is 2.78. The van der Waals surface area contributed by atoms with Crippen molar-refractivity contribution in [1.29, 1.82) is 0 Å². The first-order valence-electron chi connectivity index (χ1n) is 5.76. The molecular weight excluding hydrogens is 216 g/mol. The highest BCUT2D eigenvalue weighted by Crippen LogP contribution is 2.18. The maximum atomic E-state index is 11.0. The van der Waals surface area contributed by atoms with Gasteiger partial charge in [0.2, 0.25) is 0 Å². The van der Waals surface area contributed by atoms with E-state index >= 15 is 0 Å². The molecule has 2 rings (SSSR count). The number of carbonyl (C=O) groups is 1. The molecule has 1 heterocycles. The van der Waals surface area contributed by atoms with E-state index in [-0.39, 0.29) is 5.56 Å². The Kier molecular flexibility index (Phi) is 3.13. The van der Waals surface area contributed by atoms with E-state index < -0.39 is 5.97 Å². The number of aryl methyl sites for hydroxylation is 1. The number of hydrogen-bond donors (Lipinski definition) is 1. The molecule has 0 fully saturated rings. The van der Waals surface area contributed by atoms with Crippen LogP contribution in [0.25, 0.3) is 11.0 Å². The molecule has 0 saturated heterocycles. The van der Waals surface area contributed by atoms with Crippen molar-refractivity contribution in [2.24, 2.45) is 5.92 Å². The molecule has 0 amide bonds. The largest absolute Gasteiger partial charge is 0.478 e. The second-order valence-electron chi connectivity index (χ2n) is 4.60. The average molecular weight is 232 g/mol. The van der Waals surface area contributed by atoms with Crippen molar-refractivity contribution < 1.29 is 9.90 Å². The number of nitrogens with zero attached hydrogens (tertiary/aromatic N) is 2. The van der Waals surface area contributed by atoms with Crippen LogP contribution in [0.3, 0.4) is 0 Å². The van der Waals surface area contributed by atoms with Crippen molar-refractivity contribution in [2.75, 3.05) is 0 Å². The van der Waals surface area contributed by atoms with E-state index in [1.54, 1.807) is 18.5 Å². The molecule has 0 saturated carbocycles. The smallest absolute Gasteiger partial charge is 0.337 e. The van der Waals surface area contributed by atoms with Gasteiger partial charge in [0, 0.05) is 6.54 Å². The van der Waals surface area contributed by atoms with Crippen LogP contribution in [-0.4, -0.2) is 20.6 Å². The van der Waals surface area contributed by atoms with Crippen molar-refractivity contribution in [3.8, 4) is 0 Å². The molecule has 0 aliphatic rings. The van der Waals surface area contributed by atoms with Gasteiger partial charge in [-0.2, -0.15) is 0 Å². The summed E-state index contributed by atoms with van der Waals surface area (Å²) in [5.74, 6) is -0.306. The number of carboxylic acids is 1. The molecule has 1 N–H and O–H groups in total. The third kappa shape index (κ3) is 2.30. The topological polar surface area (TPSA) is 55.1 Å². The molecule has 0 unspecified atom stereocenters. The summed E-state index contributed by atoms with van der Waals surface area (Å²) < 4.78 is 2.02. The van der Waals surface area contributed by atoms with Gasteiger partial charge in [0.25, 0.3) is 0 Å². The number of benzene rings is 1. The highest BCUT2D eigenvalue weighted by molar-refractivity contribution is 6.00. The summed E-state index contributed by atoms with van der Waals surface area (Å²) >= 11 is 0. The number of aromatic carboxylic acids is 1. The van der Waals surface area contributed by atoms with E-state index in [9.17, 15) is 4.79 Å². The lowest BCUT2D eigenvalue weighted by molar-refractivity contribution is 0.0699. The van der Waals surface area contributed by atoms with Gasteiger partial charge in [-0.3, -0.25) is 0 Å². The molecule has 0 radical (unpaired) electrons. The molecular formula is C13H16N2O2. The summed E-state index contributed by atoms with van der Waals surface area (Å²) in [7, 11) is 0. The van der Waals surface area contributed by atoms with Gasteiger partial charge >= 0.3 is 5.97 Å². The molecule has 0 spiro atoms. The average Bonchev–Trinajstić information content (AvgIpc) is 2.68. The molecule has 0 bridgehead atoms. The van der Waals surface area contributed by atoms with E-state index in [1.807, 2.05) is 10.6 Å². The van der Waals surface area contributed by atoms with Crippen LogP contribution in [0.1, 0.15) is 30.6 Å². The van der Waals surface area contributed by atoms with Crippen LogP contribution in [-0.2, 0) is 6.54 Å². The fourth-order valence-electron chi connectivity index (χ4n) is 1.84. The Labute approximate surface area is 99.9 Å². The summed E-state index contributed by atoms with van der Waals surface area (Å²) in [6.45, 7) is 5.21. The lowest BCUT2D eigenvalue weighted by Crippen LogP contribution is -2.01. The van der Waals surface area contributed by atoms with Crippen molar-refractivity contribution in [2.45, 2.75) is 26.8 Å². The van der Waals surface area contributed by atoms with Gasteiger partial charge in [-0.15, -0.1) is 0 Å². The van der Waals surface area contributed by atoms with Crippen LogP contribution >= 0.6 is 0 Å². The quantitative estimate of drug-likeness (QED) is 0.881. The number of carboxylic acid groups (broad SMARTS) is 1. The Balaban J connectivity index is 2.40. The normalized spacial score (nSPS) is 11.2. The molecule has 1 aromatic heterocycles. The first-order valence-corrected chi connectivity index (χ1v) is 5.76. The summed E-state index contributed by atoms with van der Waals surface area (Å²) in [6.07, 6.45) is 2.78. The van der Waals surface area contributed by atoms with Gasteiger partial charge in [0.1, 0.15) is 5.52 Å². The minimum Gasteiger partial charge on any atom is -0.478 e. The van der Waals surface area contributed by atoms with E-state index in [4.69, 9.17) is 5.11 Å². The molecule has 2 aromatic rings. The predicted molar refractivity (Wildman–Crippen MR) is 66.1 cm³/mol. The van der Waals surface area contributed by atoms with E-state index in [0.717, 1.165) is 18.5 Å². The molecule has 0 aliphatic carbocycles. The summed E-state index contributed by atoms with van der Waals surface area (Å²) in [5, 5.41) is 9.06. The van der Waals surface area contributed by atoms with E-state index in [2.05, 4.69) is 18.8 Å². The molecule has 4 nitrogen and oxygen atoms in total. The number of hydrogen-bond acceptors (Lipinski definition) is 2. The Morgan fingerprint density at radius 1 is 1.47 bits per heavy atom. The van der Waals surface area contributed by atoms with Gasteiger partial charge in [0.15, 0.2) is 0 Å². The minimum atomic E-state index is -0.926. The van der Waals surface area contributed by atoms with Gasteiger partial charge in [0.05, 0.1) is 17.4 Å². The molecule has 17 heavy (non-hydrogen) atoms. The maximum Gasteiger partial charge on any atom is 0.337 e. The van der Waals surface area contributed by atoms with Gasteiger partial charge in [-0.05, 0) is 24.5 Å². The van der Waals surface area contributed by atoms with Crippen LogP contribution in [0.2, 0.25) is 0 Å². The van der Waals surface area contributed by atoms with E-state index in [0.29, 0.717) is 11.4 Å². The number of fused-ring (bicyclic) bond motifs is 1. The number of rotatable bonds is 4. The zero-order valence-electron chi connectivity index (χ0n) is 10.1. The maximum absolute atomic E-state index is 11.0. The van der Waals surface area contributed by atoms with Crippen molar-refractivity contribution in [3.05, 3.63) is 30.1 Å². The molecule has 90 valence electrons. The third-order valence-corrected chi connectivity index (χ3v) is 2.83. The highest BCUT2D eigenvalue weighted by atomic mass is 16.4. The fourth-order valence-corrected chi connectivity index (χ4v) is 1.84. The third-order valence-electron chi connectivity index (χ3n) is 2.83. The van der Waals surface area contributed by atoms with Gasteiger partial charge in [-0.25, -0.2) is 9.78 Å². The lowest BCUT2D eigenvalue weighted by Gasteiger charge is -2.06. The van der Waals surface area contributed by atoms with Crippen molar-refractivity contribution in [3.63, 3.8) is 0 Å². The van der Waals surface area contributed by atoms with Crippen molar-refractivity contribution in [1.82, 2.24) is 9.55 Å². The van der Waals surface area contributed by atoms with Crippen LogP contribution in [0.5, 0.6) is 0 Å². The Hall–Kier alpha value is -1.84. The van der Waals surface area contributed by atoms with Gasteiger partial charge in [-0.1, -0.05) is 19.9 Å². The zero-order valence-corrected chi connectivity index (χ0v) is 10.1. The Morgan fingerprint density at radius 3 is 2.88 bits per heavy atom. The number of aromatic nitrogens is 2. The second-order valence-corrected chi connectivity index (χ2v) is 4.60. The van der Waals surface area contributed by atoms with Gasteiger partial charge < -0.3 is 9.67 Å². The summed E-state index contributed by atoms with van der Waals surface area (Å²) in [4.78, 5) is 15.2. The van der Waals surface area contributed by atoms with E-state index in [1.165, 1.54) is 0 Å². The van der Waals surface area contributed by atoms with Crippen LogP contribution in [0.15, 0.2) is 24.5 Å². The molecule has 0 aliphatic heterocycles. The number of para-hydroxylation sites is 1. The SMILES string of the molecule is CC(C)CCn1cnc2c(C(=O)O)cccc21. The molecule has 0 atom stereocenters. The zero-order chi connectivity index (χ0) is 12.4. The Morgan fingerprint density at radius 2 is 2.24 bits per heavy atom. The van der Waals surface area contributed by atoms with Crippen LogP contribution in [0, 0.1) is 5.92 Å². The monoisotopic (exact) mass is 232 g/mol. The van der Waals surface area contributed by atoms with Crippen molar-refractivity contribution >= 4 is 17.0 Å². The summed E-state index contributed by atoms with van der Waals surface area (Å²) in [5.41, 5.74) is 1.74. The molecule has 4 heteroatoms. The summed E-state index contributed by atoms with van der Waals surface area (Å²) in [6, 6.07) is 5.26. The minimum absolute atomic E-state index is 0.269. The standard InChI is InChI=1S/C13H16N2O2/c1-9(2)6-7-15-8-14-12-10(13(16)17)4-3-5-11(12)15/h3-5,8-9H,6-7H2,1-2H3,(H,16,17). The number of imidazole rings is 1. The Bertz CT molecular complexity index is 543.